The first-order valence-corrected chi connectivity index (χ1v) is 7.79. The normalized spacial score (nSPS) is 12.2. The molecule has 2 aromatic rings. The van der Waals surface area contributed by atoms with Crippen LogP contribution in [0.3, 0.4) is 0 Å². The number of hydrogen-bond donors (Lipinski definition) is 1. The van der Waals surface area contributed by atoms with Gasteiger partial charge in [-0.2, -0.15) is 0 Å². The van der Waals surface area contributed by atoms with Crippen molar-refractivity contribution in [3.63, 3.8) is 0 Å². The van der Waals surface area contributed by atoms with Gasteiger partial charge in [0, 0.05) is 16.1 Å². The molecule has 2 rings (SSSR count). The van der Waals surface area contributed by atoms with Crippen molar-refractivity contribution in [3.05, 3.63) is 63.9 Å². The Labute approximate surface area is 133 Å². The lowest BCUT2D eigenvalue weighted by Gasteiger charge is -2.11. The summed E-state index contributed by atoms with van der Waals surface area (Å²) in [5, 5.41) is 0. The molecule has 0 amide bonds. The van der Waals surface area contributed by atoms with Crippen LogP contribution in [0, 0.1) is 5.82 Å². The van der Waals surface area contributed by atoms with E-state index in [0.29, 0.717) is 11.1 Å². The molecule has 2 N–H and O–H groups in total. The van der Waals surface area contributed by atoms with Crippen molar-refractivity contribution in [2.45, 2.75) is 32.4 Å². The van der Waals surface area contributed by atoms with Crippen LogP contribution < -0.4 is 10.5 Å². The molecule has 0 saturated heterocycles. The minimum atomic E-state index is -0.263. The Morgan fingerprint density at radius 1 is 1.24 bits per heavy atom. The van der Waals surface area contributed by atoms with Crippen molar-refractivity contribution in [1.29, 1.82) is 0 Å². The van der Waals surface area contributed by atoms with E-state index in [0.717, 1.165) is 24.2 Å². The molecule has 2 aromatic carbocycles. The lowest BCUT2D eigenvalue weighted by molar-refractivity contribution is 0.305. The third kappa shape index (κ3) is 4.83. The minimum absolute atomic E-state index is 0.173. The van der Waals surface area contributed by atoms with E-state index in [1.165, 1.54) is 17.7 Å². The first-order valence-electron chi connectivity index (χ1n) is 6.99. The van der Waals surface area contributed by atoms with Gasteiger partial charge in [0.15, 0.2) is 0 Å². The molecule has 0 aliphatic rings. The third-order valence-electron chi connectivity index (χ3n) is 3.33. The Kier molecular flexibility index (Phi) is 5.76. The molecular weight excluding hydrogens is 333 g/mol. The van der Waals surface area contributed by atoms with Crippen LogP contribution in [-0.4, -0.2) is 6.04 Å². The summed E-state index contributed by atoms with van der Waals surface area (Å²) >= 11 is 3.34. The Balaban J connectivity index is 2.01. The van der Waals surface area contributed by atoms with Crippen molar-refractivity contribution < 1.29 is 9.13 Å². The Bertz CT molecular complexity index is 603. The zero-order valence-corrected chi connectivity index (χ0v) is 13.6. The van der Waals surface area contributed by atoms with E-state index in [2.05, 4.69) is 28.9 Å². The number of benzene rings is 2. The first-order chi connectivity index (χ1) is 10.1. The largest absolute Gasteiger partial charge is 0.489 e. The van der Waals surface area contributed by atoms with Gasteiger partial charge in [-0.3, -0.25) is 0 Å². The van der Waals surface area contributed by atoms with Gasteiger partial charge < -0.3 is 10.5 Å². The summed E-state index contributed by atoms with van der Waals surface area (Å²) in [4.78, 5) is 0. The lowest BCUT2D eigenvalue weighted by atomic mass is 10.0. The van der Waals surface area contributed by atoms with E-state index in [4.69, 9.17) is 10.5 Å². The standard InChI is InChI=1S/C17H19BrFNO/c1-2-15(20)8-12-4-3-5-16(9-12)21-11-13-6-7-14(19)10-17(13)18/h3-7,9-10,15H,2,8,11,20H2,1H3. The van der Waals surface area contributed by atoms with Gasteiger partial charge in [-0.15, -0.1) is 0 Å². The van der Waals surface area contributed by atoms with E-state index in [-0.39, 0.29) is 11.9 Å². The van der Waals surface area contributed by atoms with Crippen LogP contribution in [0.15, 0.2) is 46.9 Å². The summed E-state index contributed by atoms with van der Waals surface area (Å²) in [5.41, 5.74) is 8.05. The number of nitrogens with two attached hydrogens (primary N) is 1. The predicted molar refractivity (Wildman–Crippen MR) is 86.8 cm³/mol. The van der Waals surface area contributed by atoms with Crippen LogP contribution in [-0.2, 0) is 13.0 Å². The number of ether oxygens (including phenoxy) is 1. The van der Waals surface area contributed by atoms with Crippen molar-refractivity contribution >= 4 is 15.9 Å². The topological polar surface area (TPSA) is 35.2 Å². The van der Waals surface area contributed by atoms with Crippen LogP contribution in [0.5, 0.6) is 5.75 Å². The fourth-order valence-corrected chi connectivity index (χ4v) is 2.47. The van der Waals surface area contributed by atoms with E-state index in [1.54, 1.807) is 6.07 Å². The monoisotopic (exact) mass is 351 g/mol. The molecule has 0 aliphatic heterocycles. The van der Waals surface area contributed by atoms with E-state index in [1.807, 2.05) is 18.2 Å². The molecule has 21 heavy (non-hydrogen) atoms. The van der Waals surface area contributed by atoms with Gasteiger partial charge >= 0.3 is 0 Å². The SMILES string of the molecule is CCC(N)Cc1cccc(OCc2ccc(F)cc2Br)c1. The van der Waals surface area contributed by atoms with Gasteiger partial charge in [0.1, 0.15) is 18.2 Å². The molecule has 0 bridgehead atoms. The second-order valence-corrected chi connectivity index (χ2v) is 5.90. The summed E-state index contributed by atoms with van der Waals surface area (Å²) in [6.45, 7) is 2.47. The summed E-state index contributed by atoms with van der Waals surface area (Å²) in [5.74, 6) is 0.535. The van der Waals surface area contributed by atoms with Crippen molar-refractivity contribution in [2.75, 3.05) is 0 Å². The van der Waals surface area contributed by atoms with Gasteiger partial charge in [-0.1, -0.05) is 41.1 Å². The van der Waals surface area contributed by atoms with Crippen LogP contribution >= 0.6 is 15.9 Å². The molecule has 0 radical (unpaired) electrons. The minimum Gasteiger partial charge on any atom is -0.489 e. The first kappa shape index (κ1) is 16.0. The number of rotatable bonds is 6. The second-order valence-electron chi connectivity index (χ2n) is 5.04. The predicted octanol–water partition coefficient (Wildman–Crippen LogP) is 4.45. The third-order valence-corrected chi connectivity index (χ3v) is 4.07. The molecule has 4 heteroatoms. The quantitative estimate of drug-likeness (QED) is 0.834. The summed E-state index contributed by atoms with van der Waals surface area (Å²) in [6, 6.07) is 12.7. The fraction of sp³-hybridized carbons (Fsp3) is 0.294. The van der Waals surface area contributed by atoms with E-state index < -0.39 is 0 Å². The maximum Gasteiger partial charge on any atom is 0.124 e. The van der Waals surface area contributed by atoms with Crippen LogP contribution in [0.2, 0.25) is 0 Å². The maximum atomic E-state index is 13.0. The van der Waals surface area contributed by atoms with Gasteiger partial charge in [-0.25, -0.2) is 4.39 Å². The highest BCUT2D eigenvalue weighted by Crippen LogP contribution is 2.21. The summed E-state index contributed by atoms with van der Waals surface area (Å²) in [6.07, 6.45) is 1.79. The zero-order valence-electron chi connectivity index (χ0n) is 12.0. The fourth-order valence-electron chi connectivity index (χ4n) is 2.01. The van der Waals surface area contributed by atoms with Gasteiger partial charge in [0.2, 0.25) is 0 Å². The Morgan fingerprint density at radius 3 is 2.76 bits per heavy atom. The Morgan fingerprint density at radius 2 is 2.05 bits per heavy atom. The molecule has 0 saturated carbocycles. The van der Waals surface area contributed by atoms with Crippen molar-refractivity contribution in [2.24, 2.45) is 5.73 Å². The highest BCUT2D eigenvalue weighted by molar-refractivity contribution is 9.10. The highest BCUT2D eigenvalue weighted by atomic mass is 79.9. The molecule has 0 aliphatic carbocycles. The smallest absolute Gasteiger partial charge is 0.124 e. The Hall–Kier alpha value is -1.39. The molecule has 1 atom stereocenters. The van der Waals surface area contributed by atoms with Gasteiger partial charge in [0.05, 0.1) is 0 Å². The van der Waals surface area contributed by atoms with E-state index >= 15 is 0 Å². The number of hydrogen-bond acceptors (Lipinski definition) is 2. The molecule has 0 spiro atoms. The second kappa shape index (κ2) is 7.57. The van der Waals surface area contributed by atoms with E-state index in [9.17, 15) is 4.39 Å². The maximum absolute atomic E-state index is 13.0. The molecule has 112 valence electrons. The van der Waals surface area contributed by atoms with Crippen molar-refractivity contribution in [3.8, 4) is 5.75 Å². The molecule has 2 nitrogen and oxygen atoms in total. The summed E-state index contributed by atoms with van der Waals surface area (Å²) in [7, 11) is 0. The molecule has 0 heterocycles. The van der Waals surface area contributed by atoms with Crippen LogP contribution in [0.1, 0.15) is 24.5 Å². The zero-order chi connectivity index (χ0) is 15.2. The highest BCUT2D eigenvalue weighted by Gasteiger charge is 2.05. The average Bonchev–Trinajstić information content (AvgIpc) is 2.46. The van der Waals surface area contributed by atoms with Crippen molar-refractivity contribution in [1.82, 2.24) is 0 Å². The van der Waals surface area contributed by atoms with Gasteiger partial charge in [0.25, 0.3) is 0 Å². The molecular formula is C17H19BrFNO. The number of halogens is 2. The van der Waals surface area contributed by atoms with Gasteiger partial charge in [-0.05, 0) is 42.7 Å². The summed E-state index contributed by atoms with van der Waals surface area (Å²) < 4.78 is 19.5. The van der Waals surface area contributed by atoms with Crippen LogP contribution in [0.25, 0.3) is 0 Å². The molecule has 0 aromatic heterocycles. The van der Waals surface area contributed by atoms with Crippen LogP contribution in [0.4, 0.5) is 4.39 Å². The average molecular weight is 352 g/mol. The lowest BCUT2D eigenvalue weighted by Crippen LogP contribution is -2.21. The molecule has 0 fully saturated rings. The molecule has 1 unspecified atom stereocenters.